The monoisotopic (exact) mass is 250 g/mol. The van der Waals surface area contributed by atoms with E-state index in [0.29, 0.717) is 0 Å². The molecule has 2 rings (SSSR count). The van der Waals surface area contributed by atoms with Crippen LogP contribution in [-0.4, -0.2) is 11.6 Å². The first-order chi connectivity index (χ1) is 8.63. The van der Waals surface area contributed by atoms with E-state index in [2.05, 4.69) is 5.32 Å². The molecule has 0 spiro atoms. The van der Waals surface area contributed by atoms with Crippen LogP contribution in [0.5, 0.6) is 0 Å². The van der Waals surface area contributed by atoms with Gasteiger partial charge in [0.25, 0.3) is 0 Å². The van der Waals surface area contributed by atoms with E-state index in [1.807, 2.05) is 36.9 Å². The van der Waals surface area contributed by atoms with Gasteiger partial charge in [-0.25, -0.2) is 8.78 Å². The highest BCUT2D eigenvalue weighted by molar-refractivity contribution is 5.22. The highest BCUT2D eigenvalue weighted by Gasteiger charge is 2.12. The lowest BCUT2D eigenvalue weighted by Gasteiger charge is -2.15. The molecule has 0 saturated carbocycles. The maximum Gasteiger partial charge on any atom is 0.131 e. The summed E-state index contributed by atoms with van der Waals surface area (Å²) < 4.78 is 29.0. The molecule has 2 aromatic rings. The highest BCUT2D eigenvalue weighted by Crippen LogP contribution is 2.18. The van der Waals surface area contributed by atoms with Crippen LogP contribution in [0.15, 0.2) is 36.5 Å². The van der Waals surface area contributed by atoms with Crippen molar-refractivity contribution in [2.24, 2.45) is 0 Å². The molecule has 1 N–H and O–H groups in total. The molecule has 0 bridgehead atoms. The van der Waals surface area contributed by atoms with E-state index >= 15 is 0 Å². The van der Waals surface area contributed by atoms with Gasteiger partial charge in [-0.05, 0) is 38.2 Å². The lowest BCUT2D eigenvalue weighted by molar-refractivity contribution is 0.530. The van der Waals surface area contributed by atoms with Gasteiger partial charge in [0.2, 0.25) is 0 Å². The fourth-order valence-electron chi connectivity index (χ4n) is 1.97. The van der Waals surface area contributed by atoms with Gasteiger partial charge in [-0.1, -0.05) is 6.07 Å². The first-order valence-electron chi connectivity index (χ1n) is 5.88. The Labute approximate surface area is 105 Å². The van der Waals surface area contributed by atoms with Gasteiger partial charge in [0.15, 0.2) is 0 Å². The number of halogens is 2. The summed E-state index contributed by atoms with van der Waals surface area (Å²) in [7, 11) is 1.85. The van der Waals surface area contributed by atoms with E-state index in [0.717, 1.165) is 5.69 Å². The van der Waals surface area contributed by atoms with E-state index in [9.17, 15) is 8.78 Å². The van der Waals surface area contributed by atoms with Crippen molar-refractivity contribution in [1.29, 1.82) is 0 Å². The van der Waals surface area contributed by atoms with Crippen LogP contribution in [0.3, 0.4) is 0 Å². The van der Waals surface area contributed by atoms with E-state index in [1.165, 1.54) is 18.2 Å². The number of aromatic nitrogens is 1. The van der Waals surface area contributed by atoms with Crippen molar-refractivity contribution >= 4 is 0 Å². The van der Waals surface area contributed by atoms with Crippen molar-refractivity contribution in [3.63, 3.8) is 0 Å². The lowest BCUT2D eigenvalue weighted by Crippen LogP contribution is -2.17. The lowest BCUT2D eigenvalue weighted by atomic mass is 10.2. The third kappa shape index (κ3) is 2.43. The summed E-state index contributed by atoms with van der Waals surface area (Å²) in [6.45, 7) is 2.20. The van der Waals surface area contributed by atoms with Crippen LogP contribution in [0.1, 0.15) is 24.2 Å². The fraction of sp³-hybridized carbons (Fsp3) is 0.286. The summed E-state index contributed by atoms with van der Waals surface area (Å²) in [5.74, 6) is -1.02. The molecule has 1 aromatic heterocycles. The van der Waals surface area contributed by atoms with Gasteiger partial charge in [0.1, 0.15) is 11.6 Å². The average molecular weight is 250 g/mol. The van der Waals surface area contributed by atoms with Crippen LogP contribution in [0, 0.1) is 11.6 Å². The van der Waals surface area contributed by atoms with Crippen molar-refractivity contribution in [3.05, 3.63) is 59.4 Å². The van der Waals surface area contributed by atoms with Crippen LogP contribution in [0.2, 0.25) is 0 Å². The minimum Gasteiger partial charge on any atom is -0.345 e. The average Bonchev–Trinajstić information content (AvgIpc) is 2.81. The molecule has 0 aliphatic carbocycles. The van der Waals surface area contributed by atoms with Crippen LogP contribution in [0.25, 0.3) is 0 Å². The Bertz CT molecular complexity index is 514. The smallest absolute Gasteiger partial charge is 0.131 e. The molecule has 0 fully saturated rings. The summed E-state index contributed by atoms with van der Waals surface area (Å²) in [6.07, 6.45) is 1.83. The molecule has 0 radical (unpaired) electrons. The molecule has 0 saturated heterocycles. The fourth-order valence-corrected chi connectivity index (χ4v) is 1.97. The normalized spacial score (nSPS) is 12.7. The Balaban J connectivity index is 2.32. The molecule has 96 valence electrons. The Morgan fingerprint density at radius 2 is 1.83 bits per heavy atom. The maximum atomic E-state index is 13.6. The molecule has 0 aliphatic rings. The van der Waals surface area contributed by atoms with Crippen LogP contribution < -0.4 is 5.32 Å². The maximum absolute atomic E-state index is 13.6. The zero-order valence-electron chi connectivity index (χ0n) is 10.5. The van der Waals surface area contributed by atoms with Gasteiger partial charge in [0, 0.05) is 23.5 Å². The number of benzene rings is 1. The van der Waals surface area contributed by atoms with Crippen LogP contribution in [0.4, 0.5) is 8.78 Å². The Hall–Kier alpha value is -1.68. The Morgan fingerprint density at radius 3 is 2.44 bits per heavy atom. The molecule has 1 atom stereocenters. The molecule has 0 amide bonds. The SMILES string of the molecule is CNC(C)c1cccn1Cc1c(F)cccc1F. The molecule has 4 heteroatoms. The second kappa shape index (κ2) is 5.31. The molecule has 2 nitrogen and oxygen atoms in total. The van der Waals surface area contributed by atoms with Crippen LogP contribution in [-0.2, 0) is 6.54 Å². The number of nitrogens with zero attached hydrogens (tertiary/aromatic N) is 1. The summed E-state index contributed by atoms with van der Waals surface area (Å²) in [5, 5.41) is 3.11. The third-order valence-corrected chi connectivity index (χ3v) is 3.13. The Morgan fingerprint density at radius 1 is 1.17 bits per heavy atom. The largest absolute Gasteiger partial charge is 0.345 e. The van der Waals surface area contributed by atoms with Crippen molar-refractivity contribution in [1.82, 2.24) is 9.88 Å². The van der Waals surface area contributed by atoms with Crippen molar-refractivity contribution in [2.45, 2.75) is 19.5 Å². The molecule has 18 heavy (non-hydrogen) atoms. The number of hydrogen-bond donors (Lipinski definition) is 1. The zero-order chi connectivity index (χ0) is 13.1. The second-order valence-corrected chi connectivity index (χ2v) is 4.27. The summed E-state index contributed by atoms with van der Waals surface area (Å²) in [5.41, 5.74) is 1.10. The molecular weight excluding hydrogens is 234 g/mol. The minimum atomic E-state index is -0.508. The highest BCUT2D eigenvalue weighted by atomic mass is 19.1. The molecule has 1 unspecified atom stereocenters. The Kier molecular flexibility index (Phi) is 3.77. The van der Waals surface area contributed by atoms with E-state index < -0.39 is 11.6 Å². The van der Waals surface area contributed by atoms with Gasteiger partial charge in [-0.3, -0.25) is 0 Å². The second-order valence-electron chi connectivity index (χ2n) is 4.27. The molecule has 1 heterocycles. The third-order valence-electron chi connectivity index (χ3n) is 3.13. The quantitative estimate of drug-likeness (QED) is 0.882. The summed E-state index contributed by atoms with van der Waals surface area (Å²) in [4.78, 5) is 0. The zero-order valence-corrected chi connectivity index (χ0v) is 10.5. The standard InChI is InChI=1S/C14H16F2N2/c1-10(17-2)14-7-4-8-18(14)9-11-12(15)5-3-6-13(11)16/h3-8,10,17H,9H2,1-2H3. The minimum absolute atomic E-state index is 0.0956. The van der Waals surface area contributed by atoms with Crippen molar-refractivity contribution in [2.75, 3.05) is 7.05 Å². The van der Waals surface area contributed by atoms with Crippen LogP contribution >= 0.6 is 0 Å². The van der Waals surface area contributed by atoms with Gasteiger partial charge in [-0.15, -0.1) is 0 Å². The summed E-state index contributed by atoms with van der Waals surface area (Å²) in [6, 6.07) is 7.89. The van der Waals surface area contributed by atoms with E-state index in [-0.39, 0.29) is 18.2 Å². The molecule has 1 aromatic carbocycles. The topological polar surface area (TPSA) is 17.0 Å². The van der Waals surface area contributed by atoms with Crippen molar-refractivity contribution in [3.8, 4) is 0 Å². The van der Waals surface area contributed by atoms with Gasteiger partial charge >= 0.3 is 0 Å². The van der Waals surface area contributed by atoms with E-state index in [1.54, 1.807) is 0 Å². The number of nitrogens with one attached hydrogen (secondary N) is 1. The van der Waals surface area contributed by atoms with Gasteiger partial charge in [-0.2, -0.15) is 0 Å². The predicted octanol–water partition coefficient (Wildman–Crippen LogP) is 3.10. The first-order valence-corrected chi connectivity index (χ1v) is 5.88. The first kappa shape index (κ1) is 12.8. The molecular formula is C14H16F2N2. The number of rotatable bonds is 4. The number of hydrogen-bond acceptors (Lipinski definition) is 1. The van der Waals surface area contributed by atoms with Crippen molar-refractivity contribution < 1.29 is 8.78 Å². The van der Waals surface area contributed by atoms with Gasteiger partial charge in [0.05, 0.1) is 6.54 Å². The van der Waals surface area contributed by atoms with Gasteiger partial charge < -0.3 is 9.88 Å². The van der Waals surface area contributed by atoms with E-state index in [4.69, 9.17) is 0 Å². The summed E-state index contributed by atoms with van der Waals surface area (Å²) >= 11 is 0. The predicted molar refractivity (Wildman–Crippen MR) is 67.4 cm³/mol. The molecule has 0 aliphatic heterocycles.